The van der Waals surface area contributed by atoms with Gasteiger partial charge in [-0.1, -0.05) is 30.3 Å². The summed E-state index contributed by atoms with van der Waals surface area (Å²) in [5.74, 6) is -3.21. The van der Waals surface area contributed by atoms with Gasteiger partial charge in [0.05, 0.1) is 11.0 Å². The number of nitro benzene ring substituents is 1. The van der Waals surface area contributed by atoms with Crippen LogP contribution in [0.1, 0.15) is 31.9 Å². The summed E-state index contributed by atoms with van der Waals surface area (Å²) >= 11 is -2.19. The number of β-lactam (4-membered cyclic amide) rings is 1. The van der Waals surface area contributed by atoms with Gasteiger partial charge in [-0.3, -0.25) is 19.8 Å². The van der Waals surface area contributed by atoms with E-state index in [9.17, 15) is 34.6 Å². The van der Waals surface area contributed by atoms with Crippen LogP contribution in [-0.2, 0) is 52.9 Å². The fourth-order valence-electron chi connectivity index (χ4n) is 4.33. The SMILES string of the molecule is CC(C)OC1=C(C(=O)OCc2ccccc2)N2C(=O)[C@H](C(C)OC(=O)OCc3ccc([N+](=O)[O-])cc3)[C@@H]2[S@@+]([O-])C1=[N+]=[N-]. The molecule has 2 aromatic carbocycles. The number of carbonyl (C=O) groups is 3. The number of nitro groups is 1. The average Bonchev–Trinajstić information content (AvgIpc) is 2.95. The van der Waals surface area contributed by atoms with E-state index in [1.807, 2.05) is 0 Å². The third-order valence-electron chi connectivity index (χ3n) is 6.29. The van der Waals surface area contributed by atoms with Crippen LogP contribution in [0.5, 0.6) is 0 Å². The van der Waals surface area contributed by atoms with Crippen molar-refractivity contribution in [2.45, 2.75) is 51.6 Å². The molecule has 0 radical (unpaired) electrons. The van der Waals surface area contributed by atoms with E-state index in [2.05, 4.69) is 4.79 Å². The monoisotopic (exact) mass is 598 g/mol. The topological polar surface area (TPSA) is 194 Å². The van der Waals surface area contributed by atoms with Crippen molar-refractivity contribution < 1.29 is 47.6 Å². The third kappa shape index (κ3) is 6.28. The van der Waals surface area contributed by atoms with Gasteiger partial charge < -0.3 is 29.0 Å². The second-order valence-corrected chi connectivity index (χ2v) is 11.0. The zero-order valence-electron chi connectivity index (χ0n) is 22.7. The molecule has 14 nitrogen and oxygen atoms in total. The zero-order chi connectivity index (χ0) is 30.6. The molecule has 2 aliphatic heterocycles. The van der Waals surface area contributed by atoms with E-state index in [1.165, 1.54) is 31.2 Å². The maximum Gasteiger partial charge on any atom is 0.529 e. The quantitative estimate of drug-likeness (QED) is 0.0745. The Hall–Kier alpha value is -4.72. The summed E-state index contributed by atoms with van der Waals surface area (Å²) in [5, 5.41) is 9.09. The molecule has 2 aliphatic rings. The van der Waals surface area contributed by atoms with Gasteiger partial charge in [-0.25, -0.2) is 9.59 Å². The van der Waals surface area contributed by atoms with Crippen LogP contribution in [0.2, 0.25) is 0 Å². The number of nitrogens with zero attached hydrogens (tertiary/aromatic N) is 4. The van der Waals surface area contributed by atoms with Crippen molar-refractivity contribution in [3.63, 3.8) is 0 Å². The number of non-ortho nitro benzene ring substituents is 1. The average molecular weight is 599 g/mol. The minimum absolute atomic E-state index is 0.131. The molecule has 220 valence electrons. The van der Waals surface area contributed by atoms with E-state index in [1.54, 1.807) is 44.2 Å². The van der Waals surface area contributed by atoms with Crippen LogP contribution in [0.25, 0.3) is 5.53 Å². The molecule has 4 atom stereocenters. The molecule has 1 fully saturated rings. The summed E-state index contributed by atoms with van der Waals surface area (Å²) in [5.41, 5.74) is 10.3. The standard InChI is InChI=1S/C27H26N4O10S/c1-15(2)40-22-21(26(33)38-13-17-7-5-4-6-8-17)30-24(32)20(25(30)42(37)23(22)29-28)16(3)41-27(34)39-14-18-9-11-19(12-10-18)31(35)36/h4-12,15-16,20,25H,13-14H2,1-3H3/t16?,20-,25-,42-/m0/s1. The van der Waals surface area contributed by atoms with Gasteiger partial charge in [-0.15, -0.1) is 4.79 Å². The highest BCUT2D eigenvalue weighted by atomic mass is 32.2. The van der Waals surface area contributed by atoms with Gasteiger partial charge in [0, 0.05) is 12.1 Å². The second kappa shape index (κ2) is 12.9. The summed E-state index contributed by atoms with van der Waals surface area (Å²) < 4.78 is 34.8. The van der Waals surface area contributed by atoms with E-state index in [4.69, 9.17) is 18.9 Å². The van der Waals surface area contributed by atoms with Gasteiger partial charge >= 0.3 is 17.2 Å². The molecule has 15 heteroatoms. The summed E-state index contributed by atoms with van der Waals surface area (Å²) in [6.07, 6.45) is -2.87. The fraction of sp³-hybridized carbons (Fsp3) is 0.333. The van der Waals surface area contributed by atoms with Crippen LogP contribution in [0.15, 0.2) is 66.1 Å². The maximum atomic E-state index is 13.4. The molecular weight excluding hydrogens is 572 g/mol. The highest BCUT2D eigenvalue weighted by Gasteiger charge is 2.68. The first kappa shape index (κ1) is 30.2. The Balaban J connectivity index is 1.50. The molecular formula is C27H26N4O10S. The summed E-state index contributed by atoms with van der Waals surface area (Å²) in [7, 11) is 0. The summed E-state index contributed by atoms with van der Waals surface area (Å²) in [6, 6.07) is 14.1. The Morgan fingerprint density at radius 1 is 1.05 bits per heavy atom. The van der Waals surface area contributed by atoms with Gasteiger partial charge in [0.1, 0.15) is 36.4 Å². The first-order chi connectivity index (χ1) is 20.0. The molecule has 0 N–H and O–H groups in total. The lowest BCUT2D eigenvalue weighted by Gasteiger charge is -2.48. The van der Waals surface area contributed by atoms with Crippen LogP contribution < -0.4 is 0 Å². The lowest BCUT2D eigenvalue weighted by Crippen LogP contribution is -2.70. The molecule has 1 unspecified atom stereocenters. The van der Waals surface area contributed by atoms with E-state index in [0.29, 0.717) is 11.1 Å². The first-order valence-corrected chi connectivity index (χ1v) is 13.9. The van der Waals surface area contributed by atoms with Gasteiger partial charge in [-0.2, -0.15) is 0 Å². The van der Waals surface area contributed by atoms with Crippen LogP contribution in [0.3, 0.4) is 0 Å². The smallest absolute Gasteiger partial charge is 0.529 e. The normalized spacial score (nSPS) is 20.2. The number of hydrogen-bond acceptors (Lipinski definition) is 10. The Morgan fingerprint density at radius 3 is 2.26 bits per heavy atom. The van der Waals surface area contributed by atoms with E-state index < -0.39 is 62.7 Å². The van der Waals surface area contributed by atoms with Crippen molar-refractivity contribution >= 4 is 39.9 Å². The zero-order valence-corrected chi connectivity index (χ0v) is 23.5. The lowest BCUT2D eigenvalue weighted by atomic mass is 9.91. The Morgan fingerprint density at radius 2 is 1.67 bits per heavy atom. The van der Waals surface area contributed by atoms with Crippen molar-refractivity contribution in [1.82, 2.24) is 4.90 Å². The number of carbonyl (C=O) groups excluding carboxylic acids is 3. The van der Waals surface area contributed by atoms with Crippen molar-refractivity contribution in [1.29, 1.82) is 0 Å². The number of amides is 1. The van der Waals surface area contributed by atoms with Crippen molar-refractivity contribution in [3.8, 4) is 0 Å². The predicted molar refractivity (Wildman–Crippen MR) is 144 cm³/mol. The van der Waals surface area contributed by atoms with Gasteiger partial charge in [0.15, 0.2) is 5.70 Å². The van der Waals surface area contributed by atoms with Crippen LogP contribution >= 0.6 is 0 Å². The van der Waals surface area contributed by atoms with Gasteiger partial charge in [-0.05, 0) is 44.0 Å². The fourth-order valence-corrected chi connectivity index (χ4v) is 5.97. The Bertz CT molecular complexity index is 1460. The molecule has 0 bridgehead atoms. The van der Waals surface area contributed by atoms with E-state index in [0.717, 1.165) is 4.90 Å². The molecule has 1 saturated heterocycles. The summed E-state index contributed by atoms with van der Waals surface area (Å²) in [4.78, 5) is 53.3. The van der Waals surface area contributed by atoms with Crippen molar-refractivity contribution in [2.75, 3.05) is 0 Å². The molecule has 0 aliphatic carbocycles. The molecule has 4 rings (SSSR count). The lowest BCUT2D eigenvalue weighted by molar-refractivity contribution is -0.384. The molecule has 1 amide bonds. The molecule has 2 heterocycles. The van der Waals surface area contributed by atoms with Gasteiger partial charge in [0.25, 0.3) is 11.4 Å². The van der Waals surface area contributed by atoms with Gasteiger partial charge in [0.2, 0.25) is 11.3 Å². The van der Waals surface area contributed by atoms with E-state index >= 15 is 0 Å². The van der Waals surface area contributed by atoms with Crippen LogP contribution in [0, 0.1) is 16.0 Å². The second-order valence-electron chi connectivity index (χ2n) is 9.52. The number of benzene rings is 2. The molecule has 0 spiro atoms. The third-order valence-corrected chi connectivity index (χ3v) is 7.88. The largest absolute Gasteiger partial charge is 0.604 e. The number of esters is 1. The molecule has 0 saturated carbocycles. The molecule has 2 aromatic rings. The predicted octanol–water partition coefficient (Wildman–Crippen LogP) is 3.19. The van der Waals surface area contributed by atoms with Crippen molar-refractivity contribution in [3.05, 3.63) is 92.8 Å². The summed E-state index contributed by atoms with van der Waals surface area (Å²) in [6.45, 7) is 4.24. The van der Waals surface area contributed by atoms with E-state index in [-0.39, 0.29) is 30.4 Å². The minimum Gasteiger partial charge on any atom is -0.604 e. The number of rotatable bonds is 10. The maximum absolute atomic E-state index is 13.4. The van der Waals surface area contributed by atoms with Crippen LogP contribution in [0.4, 0.5) is 10.5 Å². The first-order valence-electron chi connectivity index (χ1n) is 12.7. The minimum atomic E-state index is -2.19. The number of hydrogen-bond donors (Lipinski definition) is 0. The Labute approximate surface area is 242 Å². The highest BCUT2D eigenvalue weighted by Crippen LogP contribution is 2.44. The van der Waals surface area contributed by atoms with Crippen LogP contribution in [-0.4, -0.2) is 59.8 Å². The number of ether oxygens (including phenoxy) is 4. The molecule has 42 heavy (non-hydrogen) atoms. The molecule has 0 aromatic heterocycles. The number of fused-ring (bicyclic) bond motifs is 1. The van der Waals surface area contributed by atoms with Crippen molar-refractivity contribution in [2.24, 2.45) is 5.92 Å². The Kier molecular flexibility index (Phi) is 9.25. The highest BCUT2D eigenvalue weighted by molar-refractivity contribution is 8.07.